The van der Waals surface area contributed by atoms with Crippen molar-refractivity contribution in [3.8, 4) is 5.75 Å². The first-order valence-corrected chi connectivity index (χ1v) is 6.69. The van der Waals surface area contributed by atoms with E-state index in [0.717, 1.165) is 37.8 Å². The van der Waals surface area contributed by atoms with E-state index in [0.29, 0.717) is 18.8 Å². The van der Waals surface area contributed by atoms with Crippen LogP contribution in [0.5, 0.6) is 5.75 Å². The lowest BCUT2D eigenvalue weighted by atomic mass is 10.0. The van der Waals surface area contributed by atoms with E-state index in [2.05, 4.69) is 6.92 Å². The summed E-state index contributed by atoms with van der Waals surface area (Å²) in [5.74, 6) is -1.75. The lowest BCUT2D eigenvalue weighted by molar-refractivity contribution is 0.112. The van der Waals surface area contributed by atoms with Crippen LogP contribution < -0.4 is 4.74 Å². The SMILES string of the molecule is CCCCC(CC)COc1c(F)cc(C=O)cc1F. The predicted molar refractivity (Wildman–Crippen MR) is 70.5 cm³/mol. The average Bonchev–Trinajstić information content (AvgIpc) is 2.40. The van der Waals surface area contributed by atoms with Crippen LogP contribution in [0, 0.1) is 17.6 Å². The number of carbonyl (C=O) groups excluding carboxylic acids is 1. The Labute approximate surface area is 112 Å². The number of unbranched alkanes of at least 4 members (excludes halogenated alkanes) is 1. The summed E-state index contributed by atoms with van der Waals surface area (Å²) in [6.07, 6.45) is 4.48. The highest BCUT2D eigenvalue weighted by atomic mass is 19.1. The molecule has 0 aliphatic rings. The fourth-order valence-electron chi connectivity index (χ4n) is 1.88. The molecule has 0 aliphatic carbocycles. The van der Waals surface area contributed by atoms with Gasteiger partial charge in [0.2, 0.25) is 0 Å². The summed E-state index contributed by atoms with van der Waals surface area (Å²) in [6.45, 7) is 4.43. The second-order valence-electron chi connectivity index (χ2n) is 4.66. The van der Waals surface area contributed by atoms with E-state index in [1.54, 1.807) is 0 Å². The first-order chi connectivity index (χ1) is 9.12. The Balaban J connectivity index is 2.68. The van der Waals surface area contributed by atoms with E-state index in [9.17, 15) is 13.6 Å². The molecule has 0 fully saturated rings. The molecule has 1 aromatic rings. The van der Waals surface area contributed by atoms with Crippen LogP contribution in [0.4, 0.5) is 8.78 Å². The summed E-state index contributed by atoms with van der Waals surface area (Å²) in [4.78, 5) is 10.5. The molecule has 4 heteroatoms. The van der Waals surface area contributed by atoms with Crippen molar-refractivity contribution < 1.29 is 18.3 Å². The third-order valence-corrected chi connectivity index (χ3v) is 3.16. The van der Waals surface area contributed by atoms with Gasteiger partial charge in [-0.25, -0.2) is 8.78 Å². The minimum absolute atomic E-state index is 0.0274. The Bertz CT molecular complexity index is 396. The average molecular weight is 270 g/mol. The minimum atomic E-state index is -0.826. The first kappa shape index (κ1) is 15.6. The summed E-state index contributed by atoms with van der Waals surface area (Å²) in [6, 6.07) is 1.97. The Hall–Kier alpha value is -1.45. The van der Waals surface area contributed by atoms with Gasteiger partial charge in [0, 0.05) is 5.56 Å². The van der Waals surface area contributed by atoms with Crippen molar-refractivity contribution in [1.29, 1.82) is 0 Å². The van der Waals surface area contributed by atoms with E-state index in [1.165, 1.54) is 0 Å². The number of hydrogen-bond acceptors (Lipinski definition) is 2. The summed E-state index contributed by atoms with van der Waals surface area (Å²) in [5, 5.41) is 0. The van der Waals surface area contributed by atoms with Gasteiger partial charge in [-0.15, -0.1) is 0 Å². The Kier molecular flexibility index (Phi) is 6.46. The van der Waals surface area contributed by atoms with Crippen molar-refractivity contribution in [2.45, 2.75) is 39.5 Å². The van der Waals surface area contributed by atoms with Crippen LogP contribution in [0.1, 0.15) is 49.9 Å². The molecule has 2 nitrogen and oxygen atoms in total. The standard InChI is InChI=1S/C15H20F2O2/c1-3-5-6-11(4-2)10-19-15-13(16)7-12(9-18)8-14(15)17/h7-9,11H,3-6,10H2,1-2H3. The maximum absolute atomic E-state index is 13.6. The van der Waals surface area contributed by atoms with Crippen molar-refractivity contribution in [3.63, 3.8) is 0 Å². The number of rotatable bonds is 8. The van der Waals surface area contributed by atoms with Crippen molar-refractivity contribution in [2.75, 3.05) is 6.61 Å². The van der Waals surface area contributed by atoms with Crippen LogP contribution in [-0.4, -0.2) is 12.9 Å². The zero-order valence-corrected chi connectivity index (χ0v) is 11.4. The van der Waals surface area contributed by atoms with Gasteiger partial charge in [0.25, 0.3) is 0 Å². The molecule has 106 valence electrons. The molecule has 19 heavy (non-hydrogen) atoms. The lowest BCUT2D eigenvalue weighted by Crippen LogP contribution is -2.13. The van der Waals surface area contributed by atoms with Gasteiger partial charge in [-0.3, -0.25) is 4.79 Å². The summed E-state index contributed by atoms with van der Waals surface area (Å²) in [5.41, 5.74) is -0.0274. The van der Waals surface area contributed by atoms with E-state index in [-0.39, 0.29) is 11.3 Å². The van der Waals surface area contributed by atoms with Gasteiger partial charge < -0.3 is 4.74 Å². The zero-order chi connectivity index (χ0) is 14.3. The third kappa shape index (κ3) is 4.62. The van der Waals surface area contributed by atoms with Gasteiger partial charge in [0.15, 0.2) is 17.4 Å². The van der Waals surface area contributed by atoms with Gasteiger partial charge in [0.05, 0.1) is 6.61 Å². The molecule has 0 aromatic heterocycles. The molecule has 0 saturated heterocycles. The molecule has 1 rings (SSSR count). The molecule has 0 radical (unpaired) electrons. The van der Waals surface area contributed by atoms with Gasteiger partial charge >= 0.3 is 0 Å². The van der Waals surface area contributed by atoms with Crippen LogP contribution in [0.3, 0.4) is 0 Å². The van der Waals surface area contributed by atoms with Crippen LogP contribution in [0.15, 0.2) is 12.1 Å². The molecule has 0 bridgehead atoms. The Morgan fingerprint density at radius 3 is 2.37 bits per heavy atom. The molecule has 1 aromatic carbocycles. The Morgan fingerprint density at radius 1 is 1.26 bits per heavy atom. The third-order valence-electron chi connectivity index (χ3n) is 3.16. The largest absolute Gasteiger partial charge is 0.487 e. The molecule has 0 N–H and O–H groups in total. The van der Waals surface area contributed by atoms with E-state index in [4.69, 9.17) is 4.74 Å². The number of hydrogen-bond donors (Lipinski definition) is 0. The van der Waals surface area contributed by atoms with Crippen molar-refractivity contribution >= 4 is 6.29 Å². The van der Waals surface area contributed by atoms with E-state index in [1.807, 2.05) is 6.92 Å². The normalized spacial score (nSPS) is 12.2. The summed E-state index contributed by atoms with van der Waals surface area (Å²) < 4.78 is 32.4. The maximum Gasteiger partial charge on any atom is 0.190 e. The molecule has 0 spiro atoms. The molecular weight excluding hydrogens is 250 g/mol. The number of benzene rings is 1. The smallest absolute Gasteiger partial charge is 0.190 e. The number of ether oxygens (including phenoxy) is 1. The van der Waals surface area contributed by atoms with Crippen molar-refractivity contribution in [3.05, 3.63) is 29.3 Å². The second kappa shape index (κ2) is 7.87. The molecule has 0 saturated carbocycles. The topological polar surface area (TPSA) is 26.3 Å². The number of aldehydes is 1. The highest BCUT2D eigenvalue weighted by Crippen LogP contribution is 2.24. The minimum Gasteiger partial charge on any atom is -0.487 e. The molecule has 0 heterocycles. The monoisotopic (exact) mass is 270 g/mol. The second-order valence-corrected chi connectivity index (χ2v) is 4.66. The lowest BCUT2D eigenvalue weighted by Gasteiger charge is -2.16. The van der Waals surface area contributed by atoms with E-state index < -0.39 is 11.6 Å². The van der Waals surface area contributed by atoms with Gasteiger partial charge in [-0.1, -0.05) is 33.1 Å². The van der Waals surface area contributed by atoms with Crippen molar-refractivity contribution in [2.24, 2.45) is 5.92 Å². The molecule has 1 atom stereocenters. The fourth-order valence-corrected chi connectivity index (χ4v) is 1.88. The van der Waals surface area contributed by atoms with Crippen molar-refractivity contribution in [1.82, 2.24) is 0 Å². The highest BCUT2D eigenvalue weighted by molar-refractivity contribution is 5.75. The fraction of sp³-hybridized carbons (Fsp3) is 0.533. The summed E-state index contributed by atoms with van der Waals surface area (Å²) in [7, 11) is 0. The van der Waals surface area contributed by atoms with Crippen LogP contribution in [0.2, 0.25) is 0 Å². The molecular formula is C15H20F2O2. The van der Waals surface area contributed by atoms with Crippen LogP contribution in [-0.2, 0) is 0 Å². The highest BCUT2D eigenvalue weighted by Gasteiger charge is 2.15. The van der Waals surface area contributed by atoms with Crippen LogP contribution >= 0.6 is 0 Å². The maximum atomic E-state index is 13.6. The molecule has 0 amide bonds. The quantitative estimate of drug-likeness (QED) is 0.655. The van der Waals surface area contributed by atoms with Crippen LogP contribution in [0.25, 0.3) is 0 Å². The Morgan fingerprint density at radius 2 is 1.89 bits per heavy atom. The van der Waals surface area contributed by atoms with E-state index >= 15 is 0 Å². The predicted octanol–water partition coefficient (Wildman–Crippen LogP) is 4.37. The van der Waals surface area contributed by atoms with Gasteiger partial charge in [-0.2, -0.15) is 0 Å². The number of halogens is 2. The molecule has 1 unspecified atom stereocenters. The number of carbonyl (C=O) groups is 1. The molecule has 0 aliphatic heterocycles. The first-order valence-electron chi connectivity index (χ1n) is 6.69. The summed E-state index contributed by atoms with van der Waals surface area (Å²) >= 11 is 0. The van der Waals surface area contributed by atoms with Gasteiger partial charge in [-0.05, 0) is 24.5 Å². The van der Waals surface area contributed by atoms with Gasteiger partial charge in [0.1, 0.15) is 6.29 Å². The zero-order valence-electron chi connectivity index (χ0n) is 11.4.